The van der Waals surface area contributed by atoms with E-state index in [-0.39, 0.29) is 0 Å². The van der Waals surface area contributed by atoms with Crippen molar-refractivity contribution in [3.05, 3.63) is 18.5 Å². The molecule has 0 aliphatic heterocycles. The molecule has 0 aromatic carbocycles. The molecule has 120 valence electrons. The van der Waals surface area contributed by atoms with Gasteiger partial charge in [0.15, 0.2) is 0 Å². The van der Waals surface area contributed by atoms with Crippen LogP contribution in [0.4, 0.5) is 0 Å². The van der Waals surface area contributed by atoms with Crippen LogP contribution in [0.3, 0.4) is 0 Å². The maximum atomic E-state index is 5.78. The average molecular weight is 424 g/mol. The number of nitrogens with zero attached hydrogens (tertiary/aromatic N) is 3. The van der Waals surface area contributed by atoms with E-state index in [0.717, 1.165) is 17.6 Å². The first kappa shape index (κ1) is 17.9. The van der Waals surface area contributed by atoms with Crippen LogP contribution in [0, 0.1) is 0 Å². The number of hydrogen-bond donors (Lipinski definition) is 0. The fourth-order valence-electron chi connectivity index (χ4n) is 2.10. The second-order valence-corrected chi connectivity index (χ2v) is 20.3. The molecule has 0 saturated heterocycles. The van der Waals surface area contributed by atoms with E-state index < -0.39 is 29.2 Å². The summed E-state index contributed by atoms with van der Waals surface area (Å²) in [4.78, 5) is 4.62. The number of pyridine rings is 1. The average Bonchev–Trinajstić information content (AvgIpc) is 2.74. The summed E-state index contributed by atoms with van der Waals surface area (Å²) in [6.07, 6.45) is 3.95. The van der Waals surface area contributed by atoms with Gasteiger partial charge in [0.2, 0.25) is 0 Å². The molecule has 0 atom stereocenters. The SMILES string of the molecule is C[C](C)(C)[Sn][c]1cnc2c(cnn2COCC[Si](C)(C)C)c1. The minimum absolute atomic E-state index is 0.439. The van der Waals surface area contributed by atoms with Gasteiger partial charge in [-0.05, 0) is 0 Å². The normalized spacial score (nSPS) is 13.0. The fraction of sp³-hybridized carbons (Fsp3) is 0.625. The van der Waals surface area contributed by atoms with Crippen LogP contribution in [0.25, 0.3) is 11.0 Å². The zero-order chi connectivity index (χ0) is 16.4. The van der Waals surface area contributed by atoms with Gasteiger partial charge in [0.1, 0.15) is 0 Å². The van der Waals surface area contributed by atoms with Gasteiger partial charge >= 0.3 is 145 Å². The summed E-state index contributed by atoms with van der Waals surface area (Å²) in [7, 11) is -1.03. The van der Waals surface area contributed by atoms with Gasteiger partial charge in [-0.15, -0.1) is 0 Å². The summed E-state index contributed by atoms with van der Waals surface area (Å²) in [5.74, 6) is 0. The molecule has 0 N–H and O–H groups in total. The van der Waals surface area contributed by atoms with Gasteiger partial charge in [-0.1, -0.05) is 0 Å². The summed E-state index contributed by atoms with van der Waals surface area (Å²) < 4.78 is 9.52. The van der Waals surface area contributed by atoms with Crippen LogP contribution in [0.1, 0.15) is 20.8 Å². The van der Waals surface area contributed by atoms with Crippen LogP contribution < -0.4 is 3.58 Å². The topological polar surface area (TPSA) is 39.9 Å². The Morgan fingerprint density at radius 3 is 2.59 bits per heavy atom. The van der Waals surface area contributed by atoms with Crippen molar-refractivity contribution in [3.63, 3.8) is 0 Å². The van der Waals surface area contributed by atoms with Crippen molar-refractivity contribution in [1.29, 1.82) is 0 Å². The van der Waals surface area contributed by atoms with Gasteiger partial charge in [0.05, 0.1) is 0 Å². The van der Waals surface area contributed by atoms with Crippen LogP contribution in [0.5, 0.6) is 0 Å². The molecule has 0 amide bonds. The molecule has 2 aromatic heterocycles. The molecule has 2 aromatic rings. The first-order valence-electron chi connectivity index (χ1n) is 7.82. The van der Waals surface area contributed by atoms with E-state index in [9.17, 15) is 0 Å². The monoisotopic (exact) mass is 425 g/mol. The van der Waals surface area contributed by atoms with Crippen LogP contribution in [0.15, 0.2) is 18.5 Å². The van der Waals surface area contributed by atoms with Gasteiger partial charge in [-0.3, -0.25) is 0 Å². The standard InChI is InChI=1S/C12H18N3OSi.C4H9.Sn/c1-17(2,3)8-7-16-10-15-12-11(9-14-15)5-4-6-13-12;1-4(2)3;/h5-6,9H,7-8,10H2,1-3H3;1-3H3;. The summed E-state index contributed by atoms with van der Waals surface area (Å²) >= 11 is -0.613. The Balaban J connectivity index is 2.01. The molecule has 2 rings (SSSR count). The minimum atomic E-state index is -1.03. The van der Waals surface area contributed by atoms with E-state index in [2.05, 4.69) is 56.6 Å². The molecule has 22 heavy (non-hydrogen) atoms. The van der Waals surface area contributed by atoms with E-state index in [1.165, 1.54) is 9.62 Å². The molecule has 0 bridgehead atoms. The predicted molar refractivity (Wildman–Crippen MR) is 96.7 cm³/mol. The summed E-state index contributed by atoms with van der Waals surface area (Å²) in [6, 6.07) is 3.45. The molecular formula is C16H27N3OSiSn. The van der Waals surface area contributed by atoms with E-state index >= 15 is 0 Å². The quantitative estimate of drug-likeness (QED) is 0.528. The maximum absolute atomic E-state index is 5.78. The van der Waals surface area contributed by atoms with Gasteiger partial charge < -0.3 is 0 Å². The molecule has 0 aliphatic rings. The molecule has 0 spiro atoms. The number of aromatic nitrogens is 3. The molecule has 4 nitrogen and oxygen atoms in total. The van der Waals surface area contributed by atoms with Gasteiger partial charge in [-0.25, -0.2) is 0 Å². The van der Waals surface area contributed by atoms with Gasteiger partial charge in [-0.2, -0.15) is 0 Å². The van der Waals surface area contributed by atoms with Crippen molar-refractivity contribution in [2.45, 2.75) is 56.6 Å². The Morgan fingerprint density at radius 2 is 1.95 bits per heavy atom. The summed E-state index contributed by atoms with van der Waals surface area (Å²) in [6.45, 7) is 15.4. The predicted octanol–water partition coefficient (Wildman–Crippen LogP) is 3.29. The molecule has 6 heteroatoms. The zero-order valence-electron chi connectivity index (χ0n) is 14.6. The van der Waals surface area contributed by atoms with E-state index in [1.807, 2.05) is 17.1 Å². The number of ether oxygens (including phenoxy) is 1. The Morgan fingerprint density at radius 1 is 1.23 bits per heavy atom. The van der Waals surface area contributed by atoms with E-state index in [0.29, 0.717) is 10.2 Å². The summed E-state index contributed by atoms with van der Waals surface area (Å²) in [5, 5.41) is 5.56. The zero-order valence-corrected chi connectivity index (χ0v) is 18.5. The van der Waals surface area contributed by atoms with Crippen molar-refractivity contribution in [3.8, 4) is 0 Å². The third-order valence-corrected chi connectivity index (χ3v) is 8.65. The number of rotatable bonds is 6. The first-order chi connectivity index (χ1) is 10.1. The number of hydrogen-bond acceptors (Lipinski definition) is 3. The van der Waals surface area contributed by atoms with E-state index in [4.69, 9.17) is 4.74 Å². The second kappa shape index (κ2) is 7.01. The molecule has 2 radical (unpaired) electrons. The van der Waals surface area contributed by atoms with Crippen molar-refractivity contribution in [2.75, 3.05) is 6.61 Å². The summed E-state index contributed by atoms with van der Waals surface area (Å²) in [5.41, 5.74) is 0.935. The van der Waals surface area contributed by atoms with Crippen molar-refractivity contribution >= 4 is 43.8 Å². The number of fused-ring (bicyclic) bond motifs is 1. The van der Waals surface area contributed by atoms with Crippen molar-refractivity contribution < 1.29 is 4.74 Å². The van der Waals surface area contributed by atoms with Gasteiger partial charge in [0.25, 0.3) is 0 Å². The van der Waals surface area contributed by atoms with Crippen LogP contribution in [-0.2, 0) is 11.5 Å². The van der Waals surface area contributed by atoms with Crippen LogP contribution in [-0.4, -0.2) is 50.6 Å². The van der Waals surface area contributed by atoms with Crippen LogP contribution >= 0.6 is 0 Å². The van der Waals surface area contributed by atoms with Crippen LogP contribution in [0.2, 0.25) is 29.1 Å². The first-order valence-corrected chi connectivity index (χ1v) is 14.4. The Bertz CT molecular complexity index is 628. The molecule has 2 heterocycles. The fourth-order valence-corrected chi connectivity index (χ4v) is 6.34. The molecular weight excluding hydrogens is 397 g/mol. The molecule has 0 saturated carbocycles. The van der Waals surface area contributed by atoms with E-state index in [1.54, 1.807) is 0 Å². The molecule has 0 aliphatic carbocycles. The van der Waals surface area contributed by atoms with Crippen molar-refractivity contribution in [2.24, 2.45) is 0 Å². The molecule has 0 fully saturated rings. The molecule has 0 unspecified atom stereocenters. The third kappa shape index (κ3) is 5.66. The van der Waals surface area contributed by atoms with Crippen molar-refractivity contribution in [1.82, 2.24) is 14.8 Å². The Kier molecular flexibility index (Phi) is 5.71. The Labute approximate surface area is 144 Å². The van der Waals surface area contributed by atoms with Gasteiger partial charge in [0, 0.05) is 0 Å². The third-order valence-electron chi connectivity index (χ3n) is 3.21. The second-order valence-electron chi connectivity index (χ2n) is 8.00. The Hall–Kier alpha value is -0.404.